The number of likely N-dealkylation sites (N-methyl/N-ethyl adjacent to an activating group) is 1. The molecule has 3 unspecified atom stereocenters. The Hall–Kier alpha value is -2.84. The van der Waals surface area contributed by atoms with Crippen molar-refractivity contribution in [3.8, 4) is 0 Å². The summed E-state index contributed by atoms with van der Waals surface area (Å²) in [5, 5.41) is 13.9. The number of quaternary nitrogens is 1. The number of aliphatic hydroxyl groups is 1. The number of carbonyl (C=O) groups excluding carboxylic acids is 1. The minimum Gasteiger partial charge on any atom is -0.387 e. The van der Waals surface area contributed by atoms with Crippen molar-refractivity contribution in [1.29, 1.82) is 0 Å². The van der Waals surface area contributed by atoms with Crippen molar-refractivity contribution >= 4 is 13.7 Å². The van der Waals surface area contributed by atoms with Gasteiger partial charge in [0.1, 0.15) is 13.2 Å². The standard InChI is InChI=1S/C61H107N2O6P/c1-6-8-10-12-14-16-18-20-22-23-24-25-26-27-28-29-30-31-32-33-34-35-36-37-38-39-41-43-45-47-49-51-53-55-61(65)62-59(58-69-70(66,67)68-57-56-63(3,4)5)60(64)54-52-50-48-46-44-42-40-21-19-17-15-13-11-9-7-2/h8,10,14,16,20,22,24-25,27-28,30-31,33-34,44,46,52,54,59-60,64H,6-7,9,11-13,15,17-19,21,23,26,29,32,35-43,45,47-51,53,55-58H2,1-5H3,(H-,62,65,66,67)/p+1/b10-8-,16-14-,22-20-,25-24-,28-27-,31-30-,34-33-,46-44+,54-52+. The van der Waals surface area contributed by atoms with Gasteiger partial charge in [-0.05, 0) is 89.9 Å². The molecule has 0 spiro atoms. The molecule has 0 radical (unpaired) electrons. The number of hydrogen-bond donors (Lipinski definition) is 3. The summed E-state index contributed by atoms with van der Waals surface area (Å²) in [5.41, 5.74) is 0. The van der Waals surface area contributed by atoms with Gasteiger partial charge in [-0.1, -0.05) is 232 Å². The molecule has 0 aliphatic heterocycles. The summed E-state index contributed by atoms with van der Waals surface area (Å²) in [6, 6.07) is -0.871. The molecule has 0 fully saturated rings. The monoisotopic (exact) mass is 996 g/mol. The van der Waals surface area contributed by atoms with Gasteiger partial charge in [-0.15, -0.1) is 0 Å². The van der Waals surface area contributed by atoms with Crippen molar-refractivity contribution in [1.82, 2.24) is 5.32 Å². The SMILES string of the molecule is CC/C=C\C/C=C\C/C=C\C/C=C\C/C=C\C/C=C\C/C=C\CCCCCCCCCCCCCC(=O)NC(COP(=O)(O)OCC[N+](C)(C)C)C(O)/C=C/CC/C=C/CCCCCCCCCCC. The molecule has 1 amide bonds. The maximum atomic E-state index is 13.0. The van der Waals surface area contributed by atoms with Crippen LogP contribution in [0.1, 0.15) is 219 Å². The lowest BCUT2D eigenvalue weighted by Crippen LogP contribution is -2.45. The van der Waals surface area contributed by atoms with Crippen molar-refractivity contribution in [3.63, 3.8) is 0 Å². The third kappa shape index (κ3) is 53.0. The Labute approximate surface area is 431 Å². The van der Waals surface area contributed by atoms with Crippen LogP contribution in [0.4, 0.5) is 0 Å². The van der Waals surface area contributed by atoms with E-state index in [2.05, 4.69) is 116 Å². The molecular formula is C61H108N2O6P+. The first-order chi connectivity index (χ1) is 34.0. The van der Waals surface area contributed by atoms with E-state index < -0.39 is 20.0 Å². The Morgan fingerprint density at radius 3 is 1.31 bits per heavy atom. The van der Waals surface area contributed by atoms with Crippen LogP contribution in [0, 0.1) is 0 Å². The minimum absolute atomic E-state index is 0.0507. The lowest BCUT2D eigenvalue weighted by molar-refractivity contribution is -0.870. The Kier molecular flexibility index (Phi) is 49.0. The summed E-state index contributed by atoms with van der Waals surface area (Å²) in [6.07, 6.45) is 74.7. The number of rotatable bonds is 50. The van der Waals surface area contributed by atoms with E-state index in [1.165, 1.54) is 116 Å². The van der Waals surface area contributed by atoms with Gasteiger partial charge in [0.25, 0.3) is 0 Å². The number of phosphoric ester groups is 1. The third-order valence-electron chi connectivity index (χ3n) is 12.0. The van der Waals surface area contributed by atoms with Crippen molar-refractivity contribution < 1.29 is 32.9 Å². The second-order valence-electron chi connectivity index (χ2n) is 19.9. The van der Waals surface area contributed by atoms with Crippen LogP contribution in [0.3, 0.4) is 0 Å². The number of unbranched alkanes of at least 4 members (excludes halogenated alkanes) is 21. The molecule has 9 heteroatoms. The first-order valence-electron chi connectivity index (χ1n) is 28.3. The Balaban J connectivity index is 4.19. The van der Waals surface area contributed by atoms with Crippen LogP contribution in [0.2, 0.25) is 0 Å². The second-order valence-corrected chi connectivity index (χ2v) is 21.4. The molecule has 0 aromatic rings. The number of nitrogens with one attached hydrogen (secondary N) is 1. The van der Waals surface area contributed by atoms with Crippen LogP contribution in [0.5, 0.6) is 0 Å². The van der Waals surface area contributed by atoms with Crippen molar-refractivity contribution in [2.24, 2.45) is 0 Å². The zero-order chi connectivity index (χ0) is 51.3. The number of carbonyl (C=O) groups is 1. The van der Waals surface area contributed by atoms with E-state index in [0.29, 0.717) is 17.4 Å². The average molecular weight is 997 g/mol. The maximum absolute atomic E-state index is 13.0. The van der Waals surface area contributed by atoms with Crippen LogP contribution in [0.25, 0.3) is 0 Å². The predicted octanol–water partition coefficient (Wildman–Crippen LogP) is 17.2. The maximum Gasteiger partial charge on any atom is 0.472 e. The zero-order valence-corrected chi connectivity index (χ0v) is 46.6. The van der Waals surface area contributed by atoms with E-state index in [-0.39, 0.29) is 19.1 Å². The van der Waals surface area contributed by atoms with E-state index in [1.807, 2.05) is 27.2 Å². The highest BCUT2D eigenvalue weighted by Crippen LogP contribution is 2.43. The number of phosphoric acid groups is 1. The summed E-state index contributed by atoms with van der Waals surface area (Å²) < 4.78 is 23.6. The number of allylic oxidation sites excluding steroid dienone is 17. The summed E-state index contributed by atoms with van der Waals surface area (Å²) in [4.78, 5) is 23.3. The van der Waals surface area contributed by atoms with Gasteiger partial charge in [-0.2, -0.15) is 0 Å². The van der Waals surface area contributed by atoms with E-state index in [4.69, 9.17) is 9.05 Å². The number of amides is 1. The summed E-state index contributed by atoms with van der Waals surface area (Å²) in [6.45, 7) is 4.66. The van der Waals surface area contributed by atoms with E-state index in [0.717, 1.165) is 83.5 Å². The summed E-state index contributed by atoms with van der Waals surface area (Å²) in [7, 11) is 1.54. The predicted molar refractivity (Wildman–Crippen MR) is 304 cm³/mol. The molecule has 0 saturated heterocycles. The second kappa shape index (κ2) is 51.1. The lowest BCUT2D eigenvalue weighted by Gasteiger charge is -2.25. The fourth-order valence-corrected chi connectivity index (χ4v) is 8.30. The molecule has 0 saturated carbocycles. The first kappa shape index (κ1) is 67.2. The molecule has 0 aliphatic carbocycles. The van der Waals surface area contributed by atoms with Gasteiger partial charge < -0.3 is 19.8 Å². The van der Waals surface area contributed by atoms with Gasteiger partial charge in [0.15, 0.2) is 0 Å². The van der Waals surface area contributed by atoms with E-state index >= 15 is 0 Å². The van der Waals surface area contributed by atoms with E-state index in [9.17, 15) is 19.4 Å². The number of aliphatic hydroxyl groups excluding tert-OH is 1. The highest BCUT2D eigenvalue weighted by atomic mass is 31.2. The van der Waals surface area contributed by atoms with Gasteiger partial charge in [0, 0.05) is 6.42 Å². The molecule has 0 rings (SSSR count). The topological polar surface area (TPSA) is 105 Å². The number of nitrogens with zero attached hydrogens (tertiary/aromatic N) is 1. The van der Waals surface area contributed by atoms with Gasteiger partial charge in [-0.3, -0.25) is 13.8 Å². The molecule has 0 bridgehead atoms. The summed E-state index contributed by atoms with van der Waals surface area (Å²) >= 11 is 0. The van der Waals surface area contributed by atoms with Crippen LogP contribution in [-0.2, 0) is 18.4 Å². The molecule has 402 valence electrons. The fraction of sp³-hybridized carbons (Fsp3) is 0.689. The van der Waals surface area contributed by atoms with Gasteiger partial charge in [0.05, 0.1) is 39.9 Å². The van der Waals surface area contributed by atoms with Crippen molar-refractivity contribution in [2.45, 2.75) is 231 Å². The molecule has 0 aromatic carbocycles. The van der Waals surface area contributed by atoms with Crippen LogP contribution < -0.4 is 5.32 Å². The van der Waals surface area contributed by atoms with Crippen LogP contribution in [0.15, 0.2) is 109 Å². The van der Waals surface area contributed by atoms with Gasteiger partial charge in [0.2, 0.25) is 5.91 Å². The zero-order valence-electron chi connectivity index (χ0n) is 45.7. The Bertz CT molecular complexity index is 1500. The molecular weight excluding hydrogens is 888 g/mol. The van der Waals surface area contributed by atoms with Gasteiger partial charge >= 0.3 is 7.82 Å². The molecule has 0 aromatic heterocycles. The normalized spacial score (nSPS) is 14.8. The molecule has 70 heavy (non-hydrogen) atoms. The molecule has 3 N–H and O–H groups in total. The van der Waals surface area contributed by atoms with Crippen molar-refractivity contribution in [2.75, 3.05) is 40.9 Å². The highest BCUT2D eigenvalue weighted by molar-refractivity contribution is 7.47. The third-order valence-corrected chi connectivity index (χ3v) is 13.0. The molecule has 0 aliphatic rings. The fourth-order valence-electron chi connectivity index (χ4n) is 7.57. The minimum atomic E-state index is -4.36. The molecule has 0 heterocycles. The van der Waals surface area contributed by atoms with Crippen LogP contribution in [-0.4, -0.2) is 73.4 Å². The number of hydrogen-bond acceptors (Lipinski definition) is 5. The molecule has 3 atom stereocenters. The van der Waals surface area contributed by atoms with Gasteiger partial charge in [-0.25, -0.2) is 4.57 Å². The lowest BCUT2D eigenvalue weighted by atomic mass is 10.0. The smallest absolute Gasteiger partial charge is 0.387 e. The summed E-state index contributed by atoms with van der Waals surface area (Å²) in [5.74, 6) is -0.195. The Morgan fingerprint density at radius 2 is 0.871 bits per heavy atom. The molecule has 8 nitrogen and oxygen atoms in total. The Morgan fingerprint density at radius 1 is 0.500 bits per heavy atom. The van der Waals surface area contributed by atoms with Crippen LogP contribution >= 0.6 is 7.82 Å². The largest absolute Gasteiger partial charge is 0.472 e. The van der Waals surface area contributed by atoms with Crippen molar-refractivity contribution in [3.05, 3.63) is 109 Å². The average Bonchev–Trinajstić information content (AvgIpc) is 3.32. The highest BCUT2D eigenvalue weighted by Gasteiger charge is 2.27. The first-order valence-corrected chi connectivity index (χ1v) is 29.8. The quantitative estimate of drug-likeness (QED) is 0.0243. The van der Waals surface area contributed by atoms with E-state index in [1.54, 1.807) is 6.08 Å².